The molecule has 0 unspecified atom stereocenters. The monoisotopic (exact) mass is 549 g/mol. The SMILES string of the molecule is COc1ccc([C@@]23Oc4cc(C)cc(C)c4[C@]2(O)c2nc(-c4csc(C)n4)[nH]c(=O)c2[C@H]3c2ccccc2)cc1. The number of ether oxygens (including phenoxy) is 2. The second kappa shape index (κ2) is 8.61. The molecule has 7 nitrogen and oxygen atoms in total. The lowest BCUT2D eigenvalue weighted by Crippen LogP contribution is -2.49. The van der Waals surface area contributed by atoms with E-state index < -0.39 is 17.1 Å². The Morgan fingerprint density at radius 1 is 1.02 bits per heavy atom. The van der Waals surface area contributed by atoms with Crippen LogP contribution < -0.4 is 15.0 Å². The molecule has 5 aromatic rings. The van der Waals surface area contributed by atoms with Crippen molar-refractivity contribution in [1.29, 1.82) is 0 Å². The van der Waals surface area contributed by atoms with Crippen LogP contribution in [-0.4, -0.2) is 27.2 Å². The third-order valence-corrected chi connectivity index (χ3v) is 8.89. The van der Waals surface area contributed by atoms with Gasteiger partial charge in [-0.3, -0.25) is 4.79 Å². The van der Waals surface area contributed by atoms with E-state index in [9.17, 15) is 9.90 Å². The van der Waals surface area contributed by atoms with Crippen molar-refractivity contribution < 1.29 is 14.6 Å². The molecule has 0 spiro atoms. The number of H-pyrrole nitrogens is 1. The molecule has 1 aliphatic carbocycles. The van der Waals surface area contributed by atoms with E-state index in [-0.39, 0.29) is 11.3 Å². The molecule has 3 heterocycles. The van der Waals surface area contributed by atoms with Gasteiger partial charge in [-0.05, 0) is 55.7 Å². The van der Waals surface area contributed by atoms with Gasteiger partial charge in [-0.25, -0.2) is 9.97 Å². The van der Waals surface area contributed by atoms with Gasteiger partial charge in [0.15, 0.2) is 17.0 Å². The fraction of sp³-hybridized carbons (Fsp3) is 0.219. The minimum absolute atomic E-state index is 0.285. The summed E-state index contributed by atoms with van der Waals surface area (Å²) < 4.78 is 12.4. The van der Waals surface area contributed by atoms with Gasteiger partial charge in [0.1, 0.15) is 17.2 Å². The van der Waals surface area contributed by atoms with Crippen molar-refractivity contribution in [3.05, 3.63) is 127 Å². The van der Waals surface area contributed by atoms with E-state index in [0.29, 0.717) is 39.7 Å². The van der Waals surface area contributed by atoms with Gasteiger partial charge in [-0.2, -0.15) is 0 Å². The molecule has 0 amide bonds. The Bertz CT molecular complexity index is 1850. The van der Waals surface area contributed by atoms with Gasteiger partial charge in [0.25, 0.3) is 5.56 Å². The van der Waals surface area contributed by atoms with Gasteiger partial charge in [0.2, 0.25) is 0 Å². The lowest BCUT2D eigenvalue weighted by molar-refractivity contribution is -0.0906. The van der Waals surface area contributed by atoms with Gasteiger partial charge >= 0.3 is 0 Å². The molecule has 0 saturated heterocycles. The number of hydrogen-bond donors (Lipinski definition) is 2. The van der Waals surface area contributed by atoms with Crippen LogP contribution in [0.2, 0.25) is 0 Å². The highest BCUT2D eigenvalue weighted by Gasteiger charge is 2.73. The van der Waals surface area contributed by atoms with Crippen molar-refractivity contribution in [3.63, 3.8) is 0 Å². The zero-order valence-electron chi connectivity index (χ0n) is 22.5. The van der Waals surface area contributed by atoms with Crippen LogP contribution >= 0.6 is 11.3 Å². The Morgan fingerprint density at radius 2 is 1.77 bits per heavy atom. The zero-order valence-corrected chi connectivity index (χ0v) is 23.3. The number of aromatic amines is 1. The number of thiazole rings is 1. The van der Waals surface area contributed by atoms with Gasteiger partial charge in [0, 0.05) is 16.5 Å². The third kappa shape index (κ3) is 3.17. The zero-order chi connectivity index (χ0) is 27.8. The van der Waals surface area contributed by atoms with E-state index in [1.165, 1.54) is 11.3 Å². The largest absolute Gasteiger partial charge is 0.497 e. The van der Waals surface area contributed by atoms with Crippen molar-refractivity contribution in [2.45, 2.75) is 37.9 Å². The van der Waals surface area contributed by atoms with Gasteiger partial charge in [0.05, 0.1) is 29.3 Å². The molecule has 1 aliphatic heterocycles. The molecule has 200 valence electrons. The lowest BCUT2D eigenvalue weighted by atomic mass is 9.69. The predicted molar refractivity (Wildman–Crippen MR) is 153 cm³/mol. The second-order valence-corrected chi connectivity index (χ2v) is 11.6. The molecular weight excluding hydrogens is 522 g/mol. The number of methoxy groups -OCH3 is 1. The number of nitrogens with zero attached hydrogens (tertiary/aromatic N) is 2. The highest BCUT2D eigenvalue weighted by molar-refractivity contribution is 7.09. The molecule has 7 rings (SSSR count). The Morgan fingerprint density at radius 3 is 2.45 bits per heavy atom. The lowest BCUT2D eigenvalue weighted by Gasteiger charge is -2.40. The van der Waals surface area contributed by atoms with E-state index >= 15 is 0 Å². The molecule has 3 atom stereocenters. The molecule has 0 saturated carbocycles. The summed E-state index contributed by atoms with van der Waals surface area (Å²) in [5.41, 5.74) is 1.74. The minimum Gasteiger partial charge on any atom is -0.497 e. The summed E-state index contributed by atoms with van der Waals surface area (Å²) in [4.78, 5) is 26.6. The maximum atomic E-state index is 14.1. The Kier molecular flexibility index (Phi) is 5.33. The number of aromatic nitrogens is 3. The molecule has 0 radical (unpaired) electrons. The molecule has 0 fully saturated rings. The molecular formula is C32H27N3O4S. The van der Waals surface area contributed by atoms with Gasteiger partial charge in [-0.15, -0.1) is 11.3 Å². The van der Waals surface area contributed by atoms with Crippen LogP contribution in [0.1, 0.15) is 50.0 Å². The summed E-state index contributed by atoms with van der Waals surface area (Å²) in [5.74, 6) is 0.902. The molecule has 40 heavy (non-hydrogen) atoms. The van der Waals surface area contributed by atoms with E-state index in [4.69, 9.17) is 14.5 Å². The highest BCUT2D eigenvalue weighted by Crippen LogP contribution is 2.68. The van der Waals surface area contributed by atoms with Crippen molar-refractivity contribution in [1.82, 2.24) is 15.0 Å². The van der Waals surface area contributed by atoms with Gasteiger partial charge < -0.3 is 19.6 Å². The number of nitrogens with one attached hydrogen (secondary N) is 1. The summed E-state index contributed by atoms with van der Waals surface area (Å²) >= 11 is 1.47. The normalized spacial score (nSPS) is 22.4. The van der Waals surface area contributed by atoms with Crippen LogP contribution in [-0.2, 0) is 11.2 Å². The fourth-order valence-corrected chi connectivity index (χ4v) is 7.21. The van der Waals surface area contributed by atoms with Crippen molar-refractivity contribution in [2.24, 2.45) is 0 Å². The molecule has 2 aliphatic rings. The summed E-state index contributed by atoms with van der Waals surface area (Å²) in [6.07, 6.45) is 0. The Balaban J connectivity index is 1.63. The quantitative estimate of drug-likeness (QED) is 0.307. The number of rotatable bonds is 4. The van der Waals surface area contributed by atoms with Crippen LogP contribution in [0.5, 0.6) is 11.5 Å². The topological polar surface area (TPSA) is 97.3 Å². The van der Waals surface area contributed by atoms with Crippen molar-refractivity contribution in [2.75, 3.05) is 7.11 Å². The number of fused-ring (bicyclic) bond motifs is 5. The third-order valence-electron chi connectivity index (χ3n) is 8.12. The first-order chi connectivity index (χ1) is 19.3. The van der Waals surface area contributed by atoms with Crippen LogP contribution in [0.15, 0.2) is 76.9 Å². The molecule has 3 aromatic carbocycles. The van der Waals surface area contributed by atoms with Crippen LogP contribution in [0.4, 0.5) is 0 Å². The molecule has 2 N–H and O–H groups in total. The summed E-state index contributed by atoms with van der Waals surface area (Å²) in [6, 6.07) is 21.2. The smallest absolute Gasteiger partial charge is 0.255 e. The summed E-state index contributed by atoms with van der Waals surface area (Å²) in [7, 11) is 1.61. The molecule has 8 heteroatoms. The first-order valence-corrected chi connectivity index (χ1v) is 14.0. The number of hydrogen-bond acceptors (Lipinski definition) is 7. The van der Waals surface area contributed by atoms with Crippen molar-refractivity contribution >= 4 is 11.3 Å². The number of aliphatic hydroxyl groups is 1. The summed E-state index contributed by atoms with van der Waals surface area (Å²) in [5, 5.41) is 16.0. The van der Waals surface area contributed by atoms with Gasteiger partial charge in [-0.1, -0.05) is 48.5 Å². The number of aryl methyl sites for hydroxylation is 3. The van der Waals surface area contributed by atoms with Crippen LogP contribution in [0.25, 0.3) is 11.5 Å². The van der Waals surface area contributed by atoms with Crippen LogP contribution in [0, 0.1) is 20.8 Å². The summed E-state index contributed by atoms with van der Waals surface area (Å²) in [6.45, 7) is 5.87. The Hall–Kier alpha value is -4.27. The predicted octanol–water partition coefficient (Wildman–Crippen LogP) is 5.50. The average molecular weight is 550 g/mol. The minimum atomic E-state index is -1.78. The van der Waals surface area contributed by atoms with E-state index in [0.717, 1.165) is 21.7 Å². The maximum absolute atomic E-state index is 14.1. The average Bonchev–Trinajstić information content (AvgIpc) is 3.56. The molecule has 0 bridgehead atoms. The second-order valence-electron chi connectivity index (χ2n) is 10.5. The molecule has 2 aromatic heterocycles. The Labute approximate surface area is 235 Å². The number of benzene rings is 3. The maximum Gasteiger partial charge on any atom is 0.255 e. The first kappa shape index (κ1) is 24.7. The van der Waals surface area contributed by atoms with E-state index in [1.807, 2.05) is 92.9 Å². The first-order valence-electron chi connectivity index (χ1n) is 13.1. The fourth-order valence-electron chi connectivity index (χ4n) is 6.61. The van der Waals surface area contributed by atoms with Crippen molar-refractivity contribution in [3.8, 4) is 23.0 Å². The highest BCUT2D eigenvalue weighted by atomic mass is 32.1. The van der Waals surface area contributed by atoms with E-state index in [2.05, 4.69) is 9.97 Å². The standard InChI is InChI=1S/C32H27N3O4S/c1-17-14-18(2)26-24(15-17)39-32(21-10-12-22(38-4)13-11-21)27(20-8-6-5-7-9-20)25-28(31(26,32)37)34-29(35-30(25)36)23-16-40-19(3)33-23/h5-16,27,37H,1-4H3,(H,34,35,36)/t27-,31+,32+/m1/s1. The van der Waals surface area contributed by atoms with Crippen LogP contribution in [0.3, 0.4) is 0 Å². The van der Waals surface area contributed by atoms with E-state index in [1.54, 1.807) is 7.11 Å².